The molecule has 154 valence electrons. The number of fused-ring (bicyclic) bond motifs is 1. The Morgan fingerprint density at radius 3 is 2.17 bits per heavy atom. The van der Waals surface area contributed by atoms with E-state index < -0.39 is 0 Å². The van der Waals surface area contributed by atoms with Crippen LogP contribution >= 0.6 is 11.5 Å². The molecule has 1 aliphatic carbocycles. The average molecular weight is 423 g/mol. The number of H-pyrrole nitrogens is 2. The number of carbonyl (C=O) groups is 2. The molecule has 2 N–H and O–H groups in total. The van der Waals surface area contributed by atoms with Gasteiger partial charge in [0.05, 0.1) is 16.0 Å². The Hall–Kier alpha value is -3.26. The van der Waals surface area contributed by atoms with Crippen molar-refractivity contribution in [3.63, 3.8) is 0 Å². The minimum Gasteiger partial charge on any atom is -0.438 e. The van der Waals surface area contributed by atoms with Gasteiger partial charge in [-0.25, -0.2) is 9.59 Å². The number of nitrogens with zero attached hydrogens (tertiary/aromatic N) is 2. The number of benzene rings is 2. The van der Waals surface area contributed by atoms with Gasteiger partial charge in [-0.2, -0.15) is 0 Å². The van der Waals surface area contributed by atoms with E-state index in [9.17, 15) is 9.59 Å². The smallest absolute Gasteiger partial charge is 0.283 e. The molecule has 2 heterocycles. The molecule has 0 bridgehead atoms. The molecule has 1 saturated carbocycles. The maximum Gasteiger partial charge on any atom is 0.283 e. The highest BCUT2D eigenvalue weighted by Gasteiger charge is 2.37. The first kappa shape index (κ1) is 18.7. The van der Waals surface area contributed by atoms with Gasteiger partial charge in [-0.1, -0.05) is 49.6 Å². The Bertz CT molecular complexity index is 1080. The molecule has 2 amide bonds. The summed E-state index contributed by atoms with van der Waals surface area (Å²) in [5.41, 5.74) is 0.785. The van der Waals surface area contributed by atoms with Crippen molar-refractivity contribution >= 4 is 23.3 Å². The number of aromatic nitrogens is 3. The molecule has 0 spiro atoms. The lowest BCUT2D eigenvalue weighted by atomic mass is 9.88. The summed E-state index contributed by atoms with van der Waals surface area (Å²) in [7, 11) is 0. The van der Waals surface area contributed by atoms with E-state index in [1.807, 2.05) is 30.3 Å². The average Bonchev–Trinajstić information content (AvgIpc) is 3.05. The van der Waals surface area contributed by atoms with Crippen LogP contribution in [0.25, 0.3) is 0 Å². The van der Waals surface area contributed by atoms with E-state index >= 15 is 0 Å². The summed E-state index contributed by atoms with van der Waals surface area (Å²) in [6, 6.07) is 16.3. The van der Waals surface area contributed by atoms with Crippen LogP contribution in [0.5, 0.6) is 11.6 Å². The number of imide groups is 1. The van der Waals surface area contributed by atoms with Gasteiger partial charge in [0, 0.05) is 5.92 Å². The molecule has 1 fully saturated rings. The molecule has 0 radical (unpaired) electrons. The lowest BCUT2D eigenvalue weighted by molar-refractivity contribution is 0.0869. The van der Waals surface area contributed by atoms with Crippen molar-refractivity contribution in [3.8, 4) is 11.6 Å². The first-order chi connectivity index (χ1) is 14.7. The fourth-order valence-corrected chi connectivity index (χ4v) is 4.97. The Labute approximate surface area is 177 Å². The summed E-state index contributed by atoms with van der Waals surface area (Å²) in [6.45, 7) is 0. The van der Waals surface area contributed by atoms with Crippen LogP contribution in [0.3, 0.4) is 0 Å². The Morgan fingerprint density at radius 1 is 0.867 bits per heavy atom. The highest BCUT2D eigenvalue weighted by Crippen LogP contribution is 2.39. The van der Waals surface area contributed by atoms with Gasteiger partial charge in [0.1, 0.15) is 5.75 Å². The highest BCUT2D eigenvalue weighted by atomic mass is 32.1. The second-order valence-electron chi connectivity index (χ2n) is 7.53. The summed E-state index contributed by atoms with van der Waals surface area (Å²) in [4.78, 5) is 28.1. The maximum absolute atomic E-state index is 12.9. The molecule has 0 unspecified atom stereocenters. The lowest BCUT2D eigenvalue weighted by Gasteiger charge is -2.25. The van der Waals surface area contributed by atoms with Crippen LogP contribution in [-0.2, 0) is 0 Å². The zero-order valence-electron chi connectivity index (χ0n) is 16.3. The highest BCUT2D eigenvalue weighted by molar-refractivity contribution is 7.05. The number of rotatable bonds is 4. The molecule has 1 aliphatic heterocycles. The number of para-hydroxylation sites is 1. The van der Waals surface area contributed by atoms with Crippen molar-refractivity contribution in [2.45, 2.75) is 38.0 Å². The number of hydrogen-bond donors (Lipinski definition) is 2. The number of hydrogen-bond acceptors (Lipinski definition) is 4. The third-order valence-corrected chi connectivity index (χ3v) is 6.59. The largest absolute Gasteiger partial charge is 0.438 e. The van der Waals surface area contributed by atoms with Crippen molar-refractivity contribution in [3.05, 3.63) is 70.6 Å². The number of amides is 2. The van der Waals surface area contributed by atoms with Crippen LogP contribution in [-0.4, -0.2) is 26.3 Å². The molecular weight excluding hydrogens is 400 g/mol. The normalized spacial score (nSPS) is 16.6. The van der Waals surface area contributed by atoms with Crippen LogP contribution in [0.4, 0.5) is 0 Å². The molecule has 7 nitrogen and oxygen atoms in total. The quantitative estimate of drug-likeness (QED) is 0.574. The topological polar surface area (TPSA) is 83.1 Å². The third-order valence-electron chi connectivity index (χ3n) is 5.59. The van der Waals surface area contributed by atoms with E-state index in [0.29, 0.717) is 28.7 Å². The van der Waals surface area contributed by atoms with Gasteiger partial charge in [-0.3, -0.25) is 9.59 Å². The predicted octanol–water partition coefficient (Wildman–Crippen LogP) is 5.10. The zero-order chi connectivity index (χ0) is 20.5. The van der Waals surface area contributed by atoms with E-state index in [0.717, 1.165) is 22.7 Å². The van der Waals surface area contributed by atoms with Crippen molar-refractivity contribution in [2.24, 2.45) is 0 Å². The minimum atomic E-state index is -0.378. The van der Waals surface area contributed by atoms with E-state index in [1.165, 1.54) is 35.7 Å². The Morgan fingerprint density at radius 2 is 1.50 bits per heavy atom. The van der Waals surface area contributed by atoms with Gasteiger partial charge in [0.25, 0.3) is 11.8 Å². The molecular formula is C22H22N4O3S. The van der Waals surface area contributed by atoms with Gasteiger partial charge in [-0.15, -0.1) is 9.91 Å². The molecule has 3 aromatic rings. The van der Waals surface area contributed by atoms with Crippen molar-refractivity contribution < 1.29 is 14.3 Å². The van der Waals surface area contributed by atoms with E-state index in [1.54, 1.807) is 24.3 Å². The minimum absolute atomic E-state index is 0.378. The predicted molar refractivity (Wildman–Crippen MR) is 114 cm³/mol. The third kappa shape index (κ3) is 3.33. The van der Waals surface area contributed by atoms with Crippen molar-refractivity contribution in [1.82, 2.24) is 14.5 Å². The Kier molecular flexibility index (Phi) is 4.92. The molecule has 0 saturated heterocycles. The SMILES string of the molecule is O=C1c2ccccc2C(=O)N1n1[nH]sc(C2CCCCC2)c(Oc2ccccc2)[nH]1. The van der Waals surface area contributed by atoms with Crippen molar-refractivity contribution in [2.75, 3.05) is 5.01 Å². The molecule has 30 heavy (non-hydrogen) atoms. The summed E-state index contributed by atoms with van der Waals surface area (Å²) in [6.07, 6.45) is 5.83. The fraction of sp³-hybridized carbons (Fsp3) is 0.273. The summed E-state index contributed by atoms with van der Waals surface area (Å²) in [5, 5.41) is 4.20. The van der Waals surface area contributed by atoms with Gasteiger partial charge in [0.2, 0.25) is 5.88 Å². The molecule has 8 heteroatoms. The van der Waals surface area contributed by atoms with Crippen LogP contribution in [0.1, 0.15) is 63.6 Å². The van der Waals surface area contributed by atoms with Crippen LogP contribution in [0, 0.1) is 0 Å². The van der Waals surface area contributed by atoms with Crippen LogP contribution < -0.4 is 9.75 Å². The number of carbonyl (C=O) groups excluding carboxylic acids is 2. The summed E-state index contributed by atoms with van der Waals surface area (Å²) >= 11 is 1.40. The van der Waals surface area contributed by atoms with Crippen LogP contribution in [0.15, 0.2) is 54.6 Å². The zero-order valence-corrected chi connectivity index (χ0v) is 17.2. The molecule has 5 rings (SSSR count). The summed E-state index contributed by atoms with van der Waals surface area (Å²) in [5.74, 6) is 0.867. The van der Waals surface area contributed by atoms with Gasteiger partial charge in [0.15, 0.2) is 0 Å². The van der Waals surface area contributed by atoms with E-state index in [2.05, 4.69) is 9.59 Å². The number of aromatic amines is 2. The molecule has 2 aliphatic rings. The standard InChI is InChI=1S/C22H22N4O3S/c27-21-17-13-7-8-14-18(17)22(28)25(21)26-23-20(29-16-11-5-2-6-12-16)19(30-24-26)15-9-3-1-4-10-15/h2,5-8,11-15,23-24H,1,3-4,9-10H2. The van der Waals surface area contributed by atoms with Gasteiger partial charge >= 0.3 is 0 Å². The first-order valence-corrected chi connectivity index (χ1v) is 11.0. The van der Waals surface area contributed by atoms with Gasteiger partial charge < -0.3 is 4.74 Å². The maximum atomic E-state index is 12.9. The monoisotopic (exact) mass is 422 g/mol. The molecule has 2 aromatic carbocycles. The van der Waals surface area contributed by atoms with Gasteiger partial charge in [-0.05, 0) is 48.6 Å². The molecule has 0 atom stereocenters. The second-order valence-corrected chi connectivity index (χ2v) is 8.35. The second kappa shape index (κ2) is 7.87. The number of nitrogens with one attached hydrogen (secondary N) is 2. The van der Waals surface area contributed by atoms with E-state index in [-0.39, 0.29) is 11.8 Å². The number of ether oxygens (including phenoxy) is 1. The van der Waals surface area contributed by atoms with E-state index in [4.69, 9.17) is 4.74 Å². The Balaban J connectivity index is 1.55. The van der Waals surface area contributed by atoms with Crippen molar-refractivity contribution in [1.29, 1.82) is 0 Å². The fourth-order valence-electron chi connectivity index (χ4n) is 4.07. The van der Waals surface area contributed by atoms with Crippen LogP contribution in [0.2, 0.25) is 0 Å². The lowest BCUT2D eigenvalue weighted by Crippen LogP contribution is -2.42. The first-order valence-electron chi connectivity index (χ1n) is 10.2. The summed E-state index contributed by atoms with van der Waals surface area (Å²) < 4.78 is 9.28. The molecule has 1 aromatic heterocycles.